The molecule has 5 rings (SSSR count). The van der Waals surface area contributed by atoms with Crippen molar-refractivity contribution < 1.29 is 14.3 Å². The molecule has 2 heterocycles. The highest BCUT2D eigenvalue weighted by atomic mass is 16.7. The van der Waals surface area contributed by atoms with Gasteiger partial charge in [-0.25, -0.2) is 0 Å². The highest BCUT2D eigenvalue weighted by Gasteiger charge is 2.49. The van der Waals surface area contributed by atoms with Crippen molar-refractivity contribution in [1.82, 2.24) is 10.2 Å². The number of piperidine rings is 1. The Labute approximate surface area is 161 Å². The quantitative estimate of drug-likeness (QED) is 0.870. The topological polar surface area (TPSA) is 50.8 Å². The van der Waals surface area contributed by atoms with Gasteiger partial charge in [0, 0.05) is 25.4 Å². The molecule has 4 aliphatic rings. The molecule has 2 aliphatic heterocycles. The molecule has 1 aromatic carbocycles. The van der Waals surface area contributed by atoms with Crippen molar-refractivity contribution in [3.63, 3.8) is 0 Å². The third-order valence-electron chi connectivity index (χ3n) is 7.23. The molecular formula is C22H30N2O3. The Morgan fingerprint density at radius 1 is 1.22 bits per heavy atom. The fraction of sp³-hybridized carbons (Fsp3) is 0.682. The van der Waals surface area contributed by atoms with E-state index in [-0.39, 0.29) is 23.7 Å². The summed E-state index contributed by atoms with van der Waals surface area (Å²) in [6.07, 6.45) is 6.04. The summed E-state index contributed by atoms with van der Waals surface area (Å²) in [6.45, 7) is 2.27. The number of nitrogens with one attached hydrogen (secondary N) is 1. The summed E-state index contributed by atoms with van der Waals surface area (Å²) < 4.78 is 11.9. The number of likely N-dealkylation sites (tertiary alicyclic amines) is 1. The number of amides is 1. The van der Waals surface area contributed by atoms with Crippen LogP contribution in [-0.4, -0.2) is 49.4 Å². The molecule has 2 saturated heterocycles. The fourth-order valence-corrected chi connectivity index (χ4v) is 5.93. The Bertz CT molecular complexity index is 715. The average molecular weight is 370 g/mol. The number of fused-ring (bicyclic) bond motifs is 2. The molecule has 0 radical (unpaired) electrons. The molecule has 0 unspecified atom stereocenters. The van der Waals surface area contributed by atoms with E-state index >= 15 is 0 Å². The van der Waals surface area contributed by atoms with E-state index < -0.39 is 0 Å². The highest BCUT2D eigenvalue weighted by Crippen LogP contribution is 2.45. The monoisotopic (exact) mass is 370 g/mol. The van der Waals surface area contributed by atoms with Crippen molar-refractivity contribution in [1.29, 1.82) is 0 Å². The second-order valence-electron chi connectivity index (χ2n) is 8.85. The van der Waals surface area contributed by atoms with E-state index in [4.69, 9.17) is 9.47 Å². The number of benzene rings is 1. The molecule has 1 amide bonds. The van der Waals surface area contributed by atoms with Gasteiger partial charge in [-0.3, -0.25) is 4.79 Å². The summed E-state index contributed by atoms with van der Waals surface area (Å²) in [5, 5.41) is 3.35. The first kappa shape index (κ1) is 17.7. The third-order valence-corrected chi connectivity index (χ3v) is 7.23. The molecule has 2 aliphatic carbocycles. The lowest BCUT2D eigenvalue weighted by Crippen LogP contribution is -2.55. The maximum Gasteiger partial charge on any atom is 0.224 e. The molecule has 1 saturated carbocycles. The first-order valence-electron chi connectivity index (χ1n) is 10.5. The van der Waals surface area contributed by atoms with Crippen molar-refractivity contribution >= 4 is 5.91 Å². The molecule has 1 spiro atoms. The summed E-state index contributed by atoms with van der Waals surface area (Å²) in [6, 6.07) is 9.24. The van der Waals surface area contributed by atoms with E-state index in [1.807, 2.05) is 0 Å². The van der Waals surface area contributed by atoms with Crippen LogP contribution in [0.1, 0.15) is 49.3 Å². The van der Waals surface area contributed by atoms with Crippen LogP contribution in [0.15, 0.2) is 24.3 Å². The molecule has 5 heteroatoms. The van der Waals surface area contributed by atoms with Gasteiger partial charge in [-0.15, -0.1) is 0 Å². The van der Waals surface area contributed by atoms with Gasteiger partial charge in [-0.1, -0.05) is 24.3 Å². The van der Waals surface area contributed by atoms with Gasteiger partial charge >= 0.3 is 0 Å². The molecule has 0 aromatic heterocycles. The Morgan fingerprint density at radius 2 is 2.04 bits per heavy atom. The summed E-state index contributed by atoms with van der Waals surface area (Å²) >= 11 is 0. The number of rotatable bonds is 2. The Balaban J connectivity index is 1.26. The second-order valence-corrected chi connectivity index (χ2v) is 8.85. The SMILES string of the molecule is CN1C[C@H](C(=O)N[C@H]2CCc3ccccc32)C[C@@H]2CC3(CC[C@H]21)OCCO3. The molecule has 4 atom stereocenters. The predicted octanol–water partition coefficient (Wildman–Crippen LogP) is 2.65. The van der Waals surface area contributed by atoms with Gasteiger partial charge in [0.15, 0.2) is 5.79 Å². The van der Waals surface area contributed by atoms with E-state index in [1.165, 1.54) is 11.1 Å². The van der Waals surface area contributed by atoms with Gasteiger partial charge in [0.25, 0.3) is 0 Å². The third kappa shape index (κ3) is 3.20. The smallest absolute Gasteiger partial charge is 0.224 e. The number of nitrogens with zero attached hydrogens (tertiary/aromatic N) is 1. The maximum absolute atomic E-state index is 13.1. The van der Waals surface area contributed by atoms with Crippen LogP contribution in [0.3, 0.4) is 0 Å². The molecule has 5 nitrogen and oxygen atoms in total. The highest BCUT2D eigenvalue weighted by molar-refractivity contribution is 5.79. The molecule has 1 aromatic rings. The maximum atomic E-state index is 13.1. The van der Waals surface area contributed by atoms with Gasteiger partial charge in [-0.05, 0) is 49.8 Å². The van der Waals surface area contributed by atoms with Crippen LogP contribution < -0.4 is 5.32 Å². The average Bonchev–Trinajstić information content (AvgIpc) is 3.29. The first-order chi connectivity index (χ1) is 13.1. The fourth-order valence-electron chi connectivity index (χ4n) is 5.93. The van der Waals surface area contributed by atoms with Gasteiger partial charge < -0.3 is 19.7 Å². The standard InChI is InChI=1S/C22H30N2O3/c1-24-14-17(12-16-13-22(9-8-20(16)24)26-10-11-27-22)21(25)23-19-7-6-15-4-2-3-5-18(15)19/h2-5,16-17,19-20H,6-14H2,1H3,(H,23,25)/t16-,17-,19+,20-/m1/s1. The molecule has 146 valence electrons. The normalized spacial score (nSPS) is 35.0. The van der Waals surface area contributed by atoms with Gasteiger partial charge in [-0.2, -0.15) is 0 Å². The van der Waals surface area contributed by atoms with Gasteiger partial charge in [0.2, 0.25) is 5.91 Å². The van der Waals surface area contributed by atoms with Crippen molar-refractivity contribution in [2.75, 3.05) is 26.8 Å². The van der Waals surface area contributed by atoms with Crippen LogP contribution in [0.25, 0.3) is 0 Å². The molecular weight excluding hydrogens is 340 g/mol. The predicted molar refractivity (Wildman–Crippen MR) is 102 cm³/mol. The van der Waals surface area contributed by atoms with Crippen molar-refractivity contribution in [3.8, 4) is 0 Å². The van der Waals surface area contributed by atoms with Crippen LogP contribution in [-0.2, 0) is 20.7 Å². The zero-order chi connectivity index (χ0) is 18.4. The number of carbonyl (C=O) groups excluding carboxylic acids is 1. The van der Waals surface area contributed by atoms with Crippen LogP contribution in [0, 0.1) is 11.8 Å². The zero-order valence-corrected chi connectivity index (χ0v) is 16.2. The van der Waals surface area contributed by atoms with Crippen molar-refractivity contribution in [3.05, 3.63) is 35.4 Å². The molecule has 3 fully saturated rings. The van der Waals surface area contributed by atoms with Crippen LogP contribution in [0.5, 0.6) is 0 Å². The van der Waals surface area contributed by atoms with Gasteiger partial charge in [0.1, 0.15) is 0 Å². The van der Waals surface area contributed by atoms with Crippen LogP contribution in [0.2, 0.25) is 0 Å². The summed E-state index contributed by atoms with van der Waals surface area (Å²) in [5.41, 5.74) is 2.69. The number of ether oxygens (including phenoxy) is 2. The van der Waals surface area contributed by atoms with Crippen LogP contribution in [0.4, 0.5) is 0 Å². The summed E-state index contributed by atoms with van der Waals surface area (Å²) in [4.78, 5) is 15.5. The first-order valence-corrected chi connectivity index (χ1v) is 10.5. The van der Waals surface area contributed by atoms with E-state index in [0.717, 1.165) is 45.1 Å². The van der Waals surface area contributed by atoms with Crippen molar-refractivity contribution in [2.24, 2.45) is 11.8 Å². The van der Waals surface area contributed by atoms with E-state index in [1.54, 1.807) is 0 Å². The number of carbonyl (C=O) groups is 1. The number of hydrogen-bond donors (Lipinski definition) is 1. The molecule has 27 heavy (non-hydrogen) atoms. The summed E-state index contributed by atoms with van der Waals surface area (Å²) in [7, 11) is 2.18. The second kappa shape index (κ2) is 6.87. The lowest BCUT2D eigenvalue weighted by atomic mass is 9.72. The Hall–Kier alpha value is -1.43. The number of aryl methyl sites for hydroxylation is 1. The van der Waals surface area contributed by atoms with E-state index in [9.17, 15) is 4.79 Å². The number of hydrogen-bond acceptors (Lipinski definition) is 4. The zero-order valence-electron chi connectivity index (χ0n) is 16.2. The van der Waals surface area contributed by atoms with Crippen LogP contribution >= 0.6 is 0 Å². The Kier molecular flexibility index (Phi) is 4.49. The minimum absolute atomic E-state index is 0.0561. The molecule has 1 N–H and O–H groups in total. The largest absolute Gasteiger partial charge is 0.349 e. The minimum atomic E-state index is -0.370. The van der Waals surface area contributed by atoms with E-state index in [0.29, 0.717) is 25.2 Å². The van der Waals surface area contributed by atoms with Crippen molar-refractivity contribution in [2.45, 2.75) is 56.4 Å². The Morgan fingerprint density at radius 3 is 2.89 bits per heavy atom. The minimum Gasteiger partial charge on any atom is -0.349 e. The lowest BCUT2D eigenvalue weighted by Gasteiger charge is -2.49. The van der Waals surface area contributed by atoms with Gasteiger partial charge in [0.05, 0.1) is 25.2 Å². The summed E-state index contributed by atoms with van der Waals surface area (Å²) in [5.74, 6) is 0.378. The lowest BCUT2D eigenvalue weighted by molar-refractivity contribution is -0.202. The van der Waals surface area contributed by atoms with E-state index in [2.05, 4.69) is 41.5 Å². The molecule has 0 bridgehead atoms.